The lowest BCUT2D eigenvalue weighted by Gasteiger charge is -2.22. The minimum atomic E-state index is -4.60. The molecule has 4 rings (SSSR count). The number of aromatic nitrogens is 3. The van der Waals surface area contributed by atoms with Crippen molar-refractivity contribution < 1.29 is 17.6 Å². The van der Waals surface area contributed by atoms with Gasteiger partial charge in [0, 0.05) is 36.1 Å². The second-order valence-electron chi connectivity index (χ2n) is 6.56. The molecular formula is C19H17ClF4N4. The molecule has 0 aliphatic carbocycles. The summed E-state index contributed by atoms with van der Waals surface area (Å²) in [7, 11) is 0. The lowest BCUT2D eigenvalue weighted by Crippen LogP contribution is -2.36. The number of hydrogen-bond acceptors (Lipinski definition) is 3. The molecule has 0 unspecified atom stereocenters. The Kier molecular flexibility index (Phi) is 5.45. The number of fused-ring (bicyclic) bond motifs is 1. The zero-order chi connectivity index (χ0) is 19.2. The van der Waals surface area contributed by atoms with Crippen molar-refractivity contribution in [1.29, 1.82) is 0 Å². The van der Waals surface area contributed by atoms with Crippen LogP contribution < -0.4 is 5.32 Å². The van der Waals surface area contributed by atoms with Crippen LogP contribution in [-0.2, 0) is 19.3 Å². The van der Waals surface area contributed by atoms with Gasteiger partial charge in [-0.25, -0.2) is 4.39 Å². The summed E-state index contributed by atoms with van der Waals surface area (Å²) in [5.74, 6) is -0.948. The molecule has 148 valence electrons. The van der Waals surface area contributed by atoms with Gasteiger partial charge < -0.3 is 5.32 Å². The highest BCUT2D eigenvalue weighted by atomic mass is 35.5. The van der Waals surface area contributed by atoms with Crippen molar-refractivity contribution in [2.75, 3.05) is 0 Å². The summed E-state index contributed by atoms with van der Waals surface area (Å²) in [6.45, 7) is 3.14. The fourth-order valence-corrected chi connectivity index (χ4v) is 3.32. The number of halogens is 5. The monoisotopic (exact) mass is 412 g/mol. The Bertz CT molecular complexity index is 986. The second-order valence-corrected chi connectivity index (χ2v) is 6.56. The van der Waals surface area contributed by atoms with Gasteiger partial charge in [-0.2, -0.15) is 18.3 Å². The first-order valence-electron chi connectivity index (χ1n) is 8.45. The summed E-state index contributed by atoms with van der Waals surface area (Å²) < 4.78 is 55.0. The molecule has 0 saturated carbocycles. The van der Waals surface area contributed by atoms with Gasteiger partial charge in [0.25, 0.3) is 0 Å². The van der Waals surface area contributed by atoms with Gasteiger partial charge in [0.2, 0.25) is 0 Å². The molecule has 3 aromatic rings. The van der Waals surface area contributed by atoms with E-state index in [4.69, 9.17) is 0 Å². The first-order chi connectivity index (χ1) is 12.8. The fraction of sp³-hybridized carbons (Fsp3) is 0.263. The van der Waals surface area contributed by atoms with Crippen LogP contribution in [0.1, 0.15) is 18.2 Å². The Morgan fingerprint density at radius 2 is 1.86 bits per heavy atom. The lowest BCUT2D eigenvalue weighted by atomic mass is 9.98. The predicted octanol–water partition coefficient (Wildman–Crippen LogP) is 4.68. The normalized spacial score (nSPS) is 16.4. The smallest absolute Gasteiger partial charge is 0.307 e. The molecule has 28 heavy (non-hydrogen) atoms. The van der Waals surface area contributed by atoms with Gasteiger partial charge in [0.05, 0.1) is 17.8 Å². The van der Waals surface area contributed by atoms with Crippen molar-refractivity contribution in [2.24, 2.45) is 0 Å². The van der Waals surface area contributed by atoms with Crippen LogP contribution in [0.4, 0.5) is 17.6 Å². The van der Waals surface area contributed by atoms with Crippen LogP contribution in [0, 0.1) is 5.82 Å². The number of benzene rings is 1. The third-order valence-electron chi connectivity index (χ3n) is 4.64. The maximum Gasteiger partial charge on any atom is 0.416 e. The zero-order valence-electron chi connectivity index (χ0n) is 14.8. The summed E-state index contributed by atoms with van der Waals surface area (Å²) in [4.78, 5) is 4.00. The highest BCUT2D eigenvalue weighted by molar-refractivity contribution is 5.85. The van der Waals surface area contributed by atoms with E-state index in [-0.39, 0.29) is 24.0 Å². The molecule has 1 aliphatic heterocycles. The minimum absolute atomic E-state index is 0. The molecule has 1 aliphatic rings. The van der Waals surface area contributed by atoms with Crippen molar-refractivity contribution in [3.8, 4) is 22.4 Å². The highest BCUT2D eigenvalue weighted by Gasteiger charge is 2.32. The van der Waals surface area contributed by atoms with Gasteiger partial charge in [-0.15, -0.1) is 12.4 Å². The van der Waals surface area contributed by atoms with Gasteiger partial charge in [0.1, 0.15) is 11.5 Å². The summed E-state index contributed by atoms with van der Waals surface area (Å²) in [6.07, 6.45) is -1.36. The topological polar surface area (TPSA) is 42.7 Å². The lowest BCUT2D eigenvalue weighted by molar-refractivity contribution is -0.137. The summed E-state index contributed by atoms with van der Waals surface area (Å²) >= 11 is 0. The van der Waals surface area contributed by atoms with Crippen molar-refractivity contribution in [3.63, 3.8) is 0 Å². The average Bonchev–Trinajstić information content (AvgIpc) is 2.99. The number of hydrogen-bond donors (Lipinski definition) is 1. The van der Waals surface area contributed by atoms with Crippen LogP contribution in [0.2, 0.25) is 0 Å². The average molecular weight is 413 g/mol. The summed E-state index contributed by atoms with van der Waals surface area (Å²) in [5, 5.41) is 7.87. The Balaban J connectivity index is 0.00000225. The minimum Gasteiger partial charge on any atom is -0.307 e. The molecule has 1 aromatic carbocycles. The Morgan fingerprint density at radius 3 is 2.50 bits per heavy atom. The van der Waals surface area contributed by atoms with E-state index in [2.05, 4.69) is 15.4 Å². The molecule has 0 saturated heterocycles. The largest absolute Gasteiger partial charge is 0.416 e. The van der Waals surface area contributed by atoms with Crippen molar-refractivity contribution >= 4 is 12.4 Å². The van der Waals surface area contributed by atoms with E-state index in [1.807, 2.05) is 6.92 Å². The maximum atomic E-state index is 14.6. The first-order valence-corrected chi connectivity index (χ1v) is 8.45. The first kappa shape index (κ1) is 20.3. The van der Waals surface area contributed by atoms with Gasteiger partial charge in [-0.1, -0.05) is 0 Å². The summed E-state index contributed by atoms with van der Waals surface area (Å²) in [5.41, 5.74) is 1.72. The molecule has 0 radical (unpaired) electrons. The third-order valence-corrected chi connectivity index (χ3v) is 4.64. The number of nitrogens with zero attached hydrogens (tertiary/aromatic N) is 3. The van der Waals surface area contributed by atoms with Crippen molar-refractivity contribution in [3.05, 3.63) is 59.8 Å². The Hall–Kier alpha value is -2.45. The standard InChI is InChI=1S/C19H16F4N4.ClH/c1-11-10-27-16(9-25-11)17(12-4-6-24-7-5-12)18(26-27)14-3-2-13(8-15(14)20)19(21,22)23;/h2-8,11,25H,9-10H2,1H3;1H/t11-;/m1./s1. The van der Waals surface area contributed by atoms with E-state index >= 15 is 0 Å². The van der Waals surface area contributed by atoms with Crippen LogP contribution in [0.15, 0.2) is 42.7 Å². The molecule has 0 fully saturated rings. The molecule has 0 bridgehead atoms. The van der Waals surface area contributed by atoms with E-state index < -0.39 is 17.6 Å². The van der Waals surface area contributed by atoms with E-state index in [0.29, 0.717) is 30.4 Å². The third kappa shape index (κ3) is 3.62. The van der Waals surface area contributed by atoms with E-state index in [9.17, 15) is 17.6 Å². The fourth-order valence-electron chi connectivity index (χ4n) is 3.32. The van der Waals surface area contributed by atoms with Crippen LogP contribution in [0.25, 0.3) is 22.4 Å². The van der Waals surface area contributed by atoms with Crippen LogP contribution >= 0.6 is 12.4 Å². The van der Waals surface area contributed by atoms with Crippen LogP contribution in [0.3, 0.4) is 0 Å². The second kappa shape index (κ2) is 7.52. The zero-order valence-corrected chi connectivity index (χ0v) is 15.6. The van der Waals surface area contributed by atoms with E-state index in [1.165, 1.54) is 0 Å². The number of nitrogens with one attached hydrogen (secondary N) is 1. The SMILES string of the molecule is C[C@@H]1Cn2nc(-c3ccc(C(F)(F)F)cc3F)c(-c3ccncc3)c2CN1.Cl. The van der Waals surface area contributed by atoms with Crippen LogP contribution in [0.5, 0.6) is 0 Å². The molecule has 1 atom stereocenters. The highest BCUT2D eigenvalue weighted by Crippen LogP contribution is 2.38. The Labute approximate surface area is 165 Å². The molecule has 0 amide bonds. The quantitative estimate of drug-likeness (QED) is 0.621. The Morgan fingerprint density at radius 1 is 1.14 bits per heavy atom. The maximum absolute atomic E-state index is 14.6. The molecule has 4 nitrogen and oxygen atoms in total. The molecule has 9 heteroatoms. The molecule has 3 heterocycles. The van der Waals surface area contributed by atoms with Crippen molar-refractivity contribution in [2.45, 2.75) is 32.2 Å². The molecule has 1 N–H and O–H groups in total. The van der Waals surface area contributed by atoms with Crippen molar-refractivity contribution in [1.82, 2.24) is 20.1 Å². The number of pyridine rings is 1. The molecule has 2 aromatic heterocycles. The molecule has 0 spiro atoms. The van der Waals surface area contributed by atoms with Gasteiger partial charge in [0.15, 0.2) is 0 Å². The van der Waals surface area contributed by atoms with Crippen LogP contribution in [-0.4, -0.2) is 20.8 Å². The summed E-state index contributed by atoms with van der Waals surface area (Å²) in [6, 6.07) is 6.29. The van der Waals surface area contributed by atoms with Gasteiger partial charge in [-0.05, 0) is 42.8 Å². The van der Waals surface area contributed by atoms with E-state index in [1.54, 1.807) is 29.2 Å². The molecular weight excluding hydrogens is 396 g/mol. The van der Waals surface area contributed by atoms with Gasteiger partial charge >= 0.3 is 6.18 Å². The van der Waals surface area contributed by atoms with E-state index in [0.717, 1.165) is 23.4 Å². The predicted molar refractivity (Wildman–Crippen MR) is 99.4 cm³/mol. The number of alkyl halides is 3. The van der Waals surface area contributed by atoms with Gasteiger partial charge in [-0.3, -0.25) is 9.67 Å². The number of rotatable bonds is 2.